The van der Waals surface area contributed by atoms with Crippen molar-refractivity contribution in [1.29, 1.82) is 0 Å². The molecule has 1 aromatic carbocycles. The standard InChI is InChI=1S/C26H38O6/c1-3-19(2)32-26(30)14-10-5-4-9-13-22-23(25(29)17-24(22)28)16-15-20(27)18-31-21-11-7-6-8-12-21/h4,6-9,11-12,15-16,19-20,22-25,27-29H,3,5,10,13-14,17-18H2,1-2H3/b9-4-,16-15+/t19?,20-,22?,23?,24+,25-/m1/s1. The van der Waals surface area contributed by atoms with Crippen LogP contribution in [-0.4, -0.2) is 52.3 Å². The average molecular weight is 447 g/mol. The van der Waals surface area contributed by atoms with Crippen LogP contribution in [0.15, 0.2) is 54.6 Å². The van der Waals surface area contributed by atoms with Crippen LogP contribution in [0.3, 0.4) is 0 Å². The Bertz CT molecular complexity index is 716. The van der Waals surface area contributed by atoms with E-state index in [0.29, 0.717) is 25.0 Å². The fourth-order valence-electron chi connectivity index (χ4n) is 3.82. The molecule has 3 N–H and O–H groups in total. The number of para-hydroxylation sites is 1. The molecule has 32 heavy (non-hydrogen) atoms. The van der Waals surface area contributed by atoms with Gasteiger partial charge in [0.25, 0.3) is 0 Å². The molecule has 0 amide bonds. The molecule has 1 saturated carbocycles. The summed E-state index contributed by atoms with van der Waals surface area (Å²) in [6.45, 7) is 3.99. The predicted octanol–water partition coefficient (Wildman–Crippen LogP) is 3.80. The van der Waals surface area contributed by atoms with Crippen molar-refractivity contribution in [2.45, 2.75) is 76.8 Å². The molecule has 0 heterocycles. The summed E-state index contributed by atoms with van der Waals surface area (Å²) in [6.07, 6.45) is 9.01. The Morgan fingerprint density at radius 1 is 1.19 bits per heavy atom. The third-order valence-electron chi connectivity index (χ3n) is 5.87. The minimum atomic E-state index is -0.800. The average Bonchev–Trinajstić information content (AvgIpc) is 3.05. The van der Waals surface area contributed by atoms with Gasteiger partial charge in [0.2, 0.25) is 0 Å². The van der Waals surface area contributed by atoms with Crippen LogP contribution in [0, 0.1) is 11.8 Å². The summed E-state index contributed by atoms with van der Waals surface area (Å²) in [7, 11) is 0. The Morgan fingerprint density at radius 3 is 2.66 bits per heavy atom. The zero-order valence-corrected chi connectivity index (χ0v) is 19.2. The number of benzene rings is 1. The van der Waals surface area contributed by atoms with Crippen LogP contribution in [0.1, 0.15) is 52.4 Å². The van der Waals surface area contributed by atoms with Crippen LogP contribution in [-0.2, 0) is 9.53 Å². The van der Waals surface area contributed by atoms with Crippen LogP contribution in [0.5, 0.6) is 5.75 Å². The molecule has 6 heteroatoms. The lowest BCUT2D eigenvalue weighted by Crippen LogP contribution is -2.21. The Kier molecular flexibility index (Phi) is 11.5. The molecule has 1 aromatic rings. The molecule has 0 aromatic heterocycles. The number of hydrogen-bond acceptors (Lipinski definition) is 6. The van der Waals surface area contributed by atoms with Crippen molar-refractivity contribution in [2.24, 2.45) is 11.8 Å². The SMILES string of the molecule is CCC(C)OC(=O)CCC/C=C\CC1C(/C=C/[C@@H](O)COc2ccccc2)[C@H](O)C[C@@H]1O. The lowest BCUT2D eigenvalue weighted by Gasteiger charge is -2.19. The summed E-state index contributed by atoms with van der Waals surface area (Å²) >= 11 is 0. The number of rotatable bonds is 13. The van der Waals surface area contributed by atoms with Crippen LogP contribution in [0.25, 0.3) is 0 Å². The molecule has 1 aliphatic carbocycles. The van der Waals surface area contributed by atoms with E-state index in [4.69, 9.17) is 9.47 Å². The molecule has 178 valence electrons. The van der Waals surface area contributed by atoms with E-state index in [2.05, 4.69) is 0 Å². The number of carbonyl (C=O) groups excluding carboxylic acids is 1. The van der Waals surface area contributed by atoms with Gasteiger partial charge >= 0.3 is 5.97 Å². The van der Waals surface area contributed by atoms with Crippen LogP contribution >= 0.6 is 0 Å². The number of aliphatic hydroxyl groups is 3. The van der Waals surface area contributed by atoms with E-state index in [9.17, 15) is 20.1 Å². The van der Waals surface area contributed by atoms with Crippen LogP contribution < -0.4 is 4.74 Å². The van der Waals surface area contributed by atoms with Crippen LogP contribution in [0.4, 0.5) is 0 Å². The first-order valence-corrected chi connectivity index (χ1v) is 11.7. The third kappa shape index (κ3) is 9.15. The lowest BCUT2D eigenvalue weighted by molar-refractivity contribution is -0.148. The highest BCUT2D eigenvalue weighted by Crippen LogP contribution is 2.36. The van der Waals surface area contributed by atoms with E-state index < -0.39 is 18.3 Å². The summed E-state index contributed by atoms with van der Waals surface area (Å²) in [4.78, 5) is 11.7. The topological polar surface area (TPSA) is 96.2 Å². The molecule has 0 aliphatic heterocycles. The first-order chi connectivity index (χ1) is 15.4. The van der Waals surface area contributed by atoms with Crippen molar-refractivity contribution in [3.05, 3.63) is 54.6 Å². The van der Waals surface area contributed by atoms with Gasteiger partial charge in [0, 0.05) is 18.8 Å². The van der Waals surface area contributed by atoms with Gasteiger partial charge in [0.05, 0.1) is 18.3 Å². The minimum absolute atomic E-state index is 0.0401. The summed E-state index contributed by atoms with van der Waals surface area (Å²) < 4.78 is 10.8. The molecule has 1 fully saturated rings. The van der Waals surface area contributed by atoms with E-state index in [1.54, 1.807) is 12.2 Å². The van der Waals surface area contributed by atoms with Gasteiger partial charge in [-0.3, -0.25) is 4.79 Å². The molecule has 0 radical (unpaired) electrons. The summed E-state index contributed by atoms with van der Waals surface area (Å²) in [5, 5.41) is 30.9. The molecule has 6 atom stereocenters. The predicted molar refractivity (Wildman–Crippen MR) is 124 cm³/mol. The van der Waals surface area contributed by atoms with Gasteiger partial charge in [-0.25, -0.2) is 0 Å². The molecule has 6 nitrogen and oxygen atoms in total. The molecule has 0 saturated heterocycles. The molecular weight excluding hydrogens is 408 g/mol. The Morgan fingerprint density at radius 2 is 1.94 bits per heavy atom. The summed E-state index contributed by atoms with van der Waals surface area (Å²) in [5.41, 5.74) is 0. The highest BCUT2D eigenvalue weighted by Gasteiger charge is 2.39. The Labute approximate surface area is 191 Å². The molecule has 1 aliphatic rings. The third-order valence-corrected chi connectivity index (χ3v) is 5.87. The van der Waals surface area contributed by atoms with Gasteiger partial charge in [-0.15, -0.1) is 0 Å². The van der Waals surface area contributed by atoms with E-state index in [-0.39, 0.29) is 30.5 Å². The fourth-order valence-corrected chi connectivity index (χ4v) is 3.82. The number of unbranched alkanes of at least 4 members (excludes halogenated alkanes) is 1. The molecule has 3 unspecified atom stereocenters. The molecule has 0 spiro atoms. The van der Waals surface area contributed by atoms with E-state index in [1.165, 1.54) is 0 Å². The maximum atomic E-state index is 11.7. The quantitative estimate of drug-likeness (QED) is 0.242. The number of allylic oxidation sites excluding steroid dienone is 2. The Balaban J connectivity index is 1.75. The second kappa shape index (κ2) is 14.1. The largest absolute Gasteiger partial charge is 0.491 e. The maximum absolute atomic E-state index is 11.7. The van der Waals surface area contributed by atoms with Gasteiger partial charge in [0.15, 0.2) is 0 Å². The van der Waals surface area contributed by atoms with Crippen LogP contribution in [0.2, 0.25) is 0 Å². The minimum Gasteiger partial charge on any atom is -0.491 e. The highest BCUT2D eigenvalue weighted by atomic mass is 16.5. The van der Waals surface area contributed by atoms with Gasteiger partial charge < -0.3 is 24.8 Å². The van der Waals surface area contributed by atoms with Crippen molar-refractivity contribution < 1.29 is 29.6 Å². The van der Waals surface area contributed by atoms with E-state index >= 15 is 0 Å². The van der Waals surface area contributed by atoms with Gasteiger partial charge in [-0.1, -0.05) is 49.4 Å². The highest BCUT2D eigenvalue weighted by molar-refractivity contribution is 5.69. The zero-order valence-electron chi connectivity index (χ0n) is 19.2. The normalized spacial score (nSPS) is 25.3. The van der Waals surface area contributed by atoms with Crippen molar-refractivity contribution in [1.82, 2.24) is 0 Å². The van der Waals surface area contributed by atoms with Gasteiger partial charge in [-0.05, 0) is 50.7 Å². The van der Waals surface area contributed by atoms with E-state index in [1.807, 2.05) is 56.3 Å². The van der Waals surface area contributed by atoms with Gasteiger partial charge in [0.1, 0.15) is 18.5 Å². The van der Waals surface area contributed by atoms with Crippen molar-refractivity contribution in [2.75, 3.05) is 6.61 Å². The number of ether oxygens (including phenoxy) is 2. The first kappa shape index (κ1) is 26.1. The second-order valence-corrected chi connectivity index (χ2v) is 8.50. The second-order valence-electron chi connectivity index (χ2n) is 8.50. The fraction of sp³-hybridized carbons (Fsp3) is 0.577. The van der Waals surface area contributed by atoms with E-state index in [0.717, 1.165) is 19.3 Å². The smallest absolute Gasteiger partial charge is 0.306 e. The lowest BCUT2D eigenvalue weighted by atomic mass is 9.89. The first-order valence-electron chi connectivity index (χ1n) is 11.7. The van der Waals surface area contributed by atoms with Gasteiger partial charge in [-0.2, -0.15) is 0 Å². The summed E-state index contributed by atoms with van der Waals surface area (Å²) in [6, 6.07) is 9.27. The van der Waals surface area contributed by atoms with Crippen molar-refractivity contribution in [3.8, 4) is 5.75 Å². The maximum Gasteiger partial charge on any atom is 0.306 e. The monoisotopic (exact) mass is 446 g/mol. The Hall–Kier alpha value is -2.15. The number of esters is 1. The zero-order chi connectivity index (χ0) is 23.3. The van der Waals surface area contributed by atoms with Crippen molar-refractivity contribution >= 4 is 5.97 Å². The number of aliphatic hydroxyl groups excluding tert-OH is 3. The summed E-state index contributed by atoms with van der Waals surface area (Å²) in [5.74, 6) is 0.177. The molecule has 2 rings (SSSR count). The number of carbonyl (C=O) groups is 1. The molecular formula is C26H38O6. The van der Waals surface area contributed by atoms with Crippen molar-refractivity contribution in [3.63, 3.8) is 0 Å². The molecule has 0 bridgehead atoms. The number of hydrogen-bond donors (Lipinski definition) is 3.